The SMILES string of the molecule is CCC(NC(C)=O)c1ccc(C)c(Cl)c1. The standard InChI is InChI=1S/C12H16ClNO/c1-4-12(14-9(3)15)10-6-5-8(2)11(13)7-10/h5-7,12H,4H2,1-3H3,(H,14,15). The number of benzene rings is 1. The number of nitrogens with one attached hydrogen (secondary N) is 1. The molecule has 1 atom stereocenters. The lowest BCUT2D eigenvalue weighted by molar-refractivity contribution is -0.119. The second-order valence-electron chi connectivity index (χ2n) is 3.67. The monoisotopic (exact) mass is 225 g/mol. The molecule has 1 rings (SSSR count). The van der Waals surface area contributed by atoms with Gasteiger partial charge < -0.3 is 5.32 Å². The zero-order valence-electron chi connectivity index (χ0n) is 9.30. The smallest absolute Gasteiger partial charge is 0.217 e. The maximum Gasteiger partial charge on any atom is 0.217 e. The van der Waals surface area contributed by atoms with Crippen LogP contribution in [0.3, 0.4) is 0 Å². The molecule has 0 aliphatic carbocycles. The Morgan fingerprint density at radius 3 is 2.67 bits per heavy atom. The summed E-state index contributed by atoms with van der Waals surface area (Å²) in [5.74, 6) is -0.0152. The Morgan fingerprint density at radius 1 is 1.53 bits per heavy atom. The number of carbonyl (C=O) groups excluding carboxylic acids is 1. The van der Waals surface area contributed by atoms with Gasteiger partial charge in [-0.1, -0.05) is 30.7 Å². The molecule has 0 fully saturated rings. The number of hydrogen-bond acceptors (Lipinski definition) is 1. The number of carbonyl (C=O) groups is 1. The van der Waals surface area contributed by atoms with Crippen LogP contribution < -0.4 is 5.32 Å². The minimum absolute atomic E-state index is 0.0152. The summed E-state index contributed by atoms with van der Waals surface area (Å²) in [4.78, 5) is 11.0. The van der Waals surface area contributed by atoms with Gasteiger partial charge in [-0.25, -0.2) is 0 Å². The number of amides is 1. The molecule has 1 aromatic carbocycles. The van der Waals surface area contributed by atoms with E-state index in [1.165, 1.54) is 6.92 Å². The van der Waals surface area contributed by atoms with Gasteiger partial charge in [0.1, 0.15) is 0 Å². The lowest BCUT2D eigenvalue weighted by atomic mass is 10.0. The van der Waals surface area contributed by atoms with Gasteiger partial charge in [0.2, 0.25) is 5.91 Å². The van der Waals surface area contributed by atoms with Crippen molar-refractivity contribution in [1.29, 1.82) is 0 Å². The van der Waals surface area contributed by atoms with Gasteiger partial charge >= 0.3 is 0 Å². The minimum Gasteiger partial charge on any atom is -0.350 e. The molecule has 1 aromatic rings. The van der Waals surface area contributed by atoms with Gasteiger partial charge in [0.15, 0.2) is 0 Å². The summed E-state index contributed by atoms with van der Waals surface area (Å²) in [6.07, 6.45) is 0.860. The number of hydrogen-bond donors (Lipinski definition) is 1. The number of rotatable bonds is 3. The minimum atomic E-state index is -0.0152. The fourth-order valence-corrected chi connectivity index (χ4v) is 1.68. The summed E-state index contributed by atoms with van der Waals surface area (Å²) in [7, 11) is 0. The molecule has 2 nitrogen and oxygen atoms in total. The predicted octanol–water partition coefficient (Wildman–Crippen LogP) is 3.24. The molecular formula is C12H16ClNO. The zero-order valence-corrected chi connectivity index (χ0v) is 10.1. The third-order valence-corrected chi connectivity index (χ3v) is 2.79. The van der Waals surface area contributed by atoms with Crippen LogP contribution >= 0.6 is 11.6 Å². The summed E-state index contributed by atoms with van der Waals surface area (Å²) in [5, 5.41) is 3.64. The maximum absolute atomic E-state index is 11.0. The molecular weight excluding hydrogens is 210 g/mol. The van der Waals surface area contributed by atoms with Crippen molar-refractivity contribution in [1.82, 2.24) is 5.32 Å². The van der Waals surface area contributed by atoms with Crippen LogP contribution in [0.15, 0.2) is 18.2 Å². The van der Waals surface area contributed by atoms with Crippen LogP contribution in [0.5, 0.6) is 0 Å². The van der Waals surface area contributed by atoms with Crippen LogP contribution in [0.2, 0.25) is 5.02 Å². The molecule has 0 aromatic heterocycles. The molecule has 0 aliphatic rings. The van der Waals surface area contributed by atoms with Crippen LogP contribution in [0.25, 0.3) is 0 Å². The summed E-state index contributed by atoms with van der Waals surface area (Å²) in [5.41, 5.74) is 2.11. The van der Waals surface area contributed by atoms with Crippen molar-refractivity contribution in [3.05, 3.63) is 34.3 Å². The third-order valence-electron chi connectivity index (χ3n) is 2.38. The molecule has 0 spiro atoms. The van der Waals surface area contributed by atoms with Crippen LogP contribution in [0.4, 0.5) is 0 Å². The van der Waals surface area contributed by atoms with E-state index in [4.69, 9.17) is 11.6 Å². The molecule has 3 heteroatoms. The van der Waals surface area contributed by atoms with Crippen LogP contribution in [-0.4, -0.2) is 5.91 Å². The highest BCUT2D eigenvalue weighted by Crippen LogP contribution is 2.23. The van der Waals surface area contributed by atoms with E-state index in [9.17, 15) is 4.79 Å². The van der Waals surface area contributed by atoms with E-state index in [2.05, 4.69) is 5.32 Å². The Balaban J connectivity index is 2.92. The normalized spacial score (nSPS) is 12.3. The second kappa shape index (κ2) is 5.17. The average Bonchev–Trinajstić information content (AvgIpc) is 2.18. The van der Waals surface area contributed by atoms with Crippen molar-refractivity contribution >= 4 is 17.5 Å². The van der Waals surface area contributed by atoms with E-state index in [-0.39, 0.29) is 11.9 Å². The summed E-state index contributed by atoms with van der Waals surface area (Å²) in [6, 6.07) is 5.95. The molecule has 82 valence electrons. The number of halogens is 1. The Hall–Kier alpha value is -1.02. The molecule has 0 aliphatic heterocycles. The van der Waals surface area contributed by atoms with E-state index < -0.39 is 0 Å². The van der Waals surface area contributed by atoms with Gasteiger partial charge in [0.05, 0.1) is 6.04 Å². The molecule has 1 unspecified atom stereocenters. The Kier molecular flexibility index (Phi) is 4.15. The fraction of sp³-hybridized carbons (Fsp3) is 0.417. The van der Waals surface area contributed by atoms with Gasteiger partial charge in [0, 0.05) is 11.9 Å². The van der Waals surface area contributed by atoms with Crippen molar-refractivity contribution in [3.63, 3.8) is 0 Å². The molecule has 1 N–H and O–H groups in total. The first kappa shape index (κ1) is 12.1. The first-order valence-electron chi connectivity index (χ1n) is 5.07. The Labute approximate surface area is 95.6 Å². The van der Waals surface area contributed by atoms with Crippen molar-refractivity contribution in [2.45, 2.75) is 33.2 Å². The molecule has 0 bridgehead atoms. The largest absolute Gasteiger partial charge is 0.350 e. The van der Waals surface area contributed by atoms with E-state index in [0.717, 1.165) is 22.6 Å². The quantitative estimate of drug-likeness (QED) is 0.841. The highest BCUT2D eigenvalue weighted by molar-refractivity contribution is 6.31. The third kappa shape index (κ3) is 3.24. The average molecular weight is 226 g/mol. The topological polar surface area (TPSA) is 29.1 Å². The highest BCUT2D eigenvalue weighted by atomic mass is 35.5. The lowest BCUT2D eigenvalue weighted by Crippen LogP contribution is -2.25. The summed E-state index contributed by atoms with van der Waals surface area (Å²) in [6.45, 7) is 5.53. The van der Waals surface area contributed by atoms with Gasteiger partial charge in [-0.05, 0) is 30.5 Å². The predicted molar refractivity (Wildman–Crippen MR) is 63.0 cm³/mol. The molecule has 0 radical (unpaired) electrons. The van der Waals surface area contributed by atoms with E-state index >= 15 is 0 Å². The molecule has 0 saturated heterocycles. The van der Waals surface area contributed by atoms with Gasteiger partial charge in [-0.2, -0.15) is 0 Å². The summed E-state index contributed by atoms with van der Waals surface area (Å²) >= 11 is 6.04. The van der Waals surface area contributed by atoms with Crippen molar-refractivity contribution < 1.29 is 4.79 Å². The van der Waals surface area contributed by atoms with Crippen LogP contribution in [-0.2, 0) is 4.79 Å². The van der Waals surface area contributed by atoms with Crippen molar-refractivity contribution in [2.24, 2.45) is 0 Å². The first-order valence-corrected chi connectivity index (χ1v) is 5.45. The maximum atomic E-state index is 11.0. The fourth-order valence-electron chi connectivity index (χ4n) is 1.49. The molecule has 0 heterocycles. The summed E-state index contributed by atoms with van der Waals surface area (Å²) < 4.78 is 0. The molecule has 15 heavy (non-hydrogen) atoms. The first-order chi connectivity index (χ1) is 7.04. The van der Waals surface area contributed by atoms with Crippen LogP contribution in [0.1, 0.15) is 37.4 Å². The highest BCUT2D eigenvalue weighted by Gasteiger charge is 2.10. The van der Waals surface area contributed by atoms with E-state index in [1.54, 1.807) is 0 Å². The van der Waals surface area contributed by atoms with Crippen LogP contribution in [0, 0.1) is 6.92 Å². The van der Waals surface area contributed by atoms with Gasteiger partial charge in [-0.15, -0.1) is 0 Å². The molecule has 0 saturated carbocycles. The Bertz CT molecular complexity index is 363. The van der Waals surface area contributed by atoms with Gasteiger partial charge in [-0.3, -0.25) is 4.79 Å². The molecule has 1 amide bonds. The second-order valence-corrected chi connectivity index (χ2v) is 4.08. The zero-order chi connectivity index (χ0) is 11.4. The lowest BCUT2D eigenvalue weighted by Gasteiger charge is -2.16. The number of aryl methyl sites for hydroxylation is 1. The van der Waals surface area contributed by atoms with Gasteiger partial charge in [0.25, 0.3) is 0 Å². The van der Waals surface area contributed by atoms with E-state index in [1.807, 2.05) is 32.0 Å². The van der Waals surface area contributed by atoms with Crippen molar-refractivity contribution in [3.8, 4) is 0 Å². The van der Waals surface area contributed by atoms with Crippen molar-refractivity contribution in [2.75, 3.05) is 0 Å². The Morgan fingerprint density at radius 2 is 2.20 bits per heavy atom. The van der Waals surface area contributed by atoms with E-state index in [0.29, 0.717) is 0 Å².